The van der Waals surface area contributed by atoms with Crippen molar-refractivity contribution in [2.75, 3.05) is 18.5 Å². The number of benzene rings is 1. The first kappa shape index (κ1) is 13.8. The molecule has 1 aliphatic rings. The standard InChI is InChI=1S/C15H15N3O2S/c1-10-16-11(9-21-10)7-18-13-6-4-3-5-12(13)15(20)17(2)8-14(18)19/h3-6,9H,7-8H2,1-2H3. The second-order valence-corrected chi connectivity index (χ2v) is 6.08. The number of thiazole rings is 1. The van der Waals surface area contributed by atoms with Crippen molar-refractivity contribution < 1.29 is 9.59 Å². The fourth-order valence-corrected chi connectivity index (χ4v) is 3.01. The topological polar surface area (TPSA) is 53.5 Å². The molecule has 0 saturated heterocycles. The molecule has 1 aromatic heterocycles. The van der Waals surface area contributed by atoms with Crippen LogP contribution in [0.4, 0.5) is 5.69 Å². The predicted octanol–water partition coefficient (Wildman–Crippen LogP) is 2.07. The molecule has 0 unspecified atom stereocenters. The number of aromatic nitrogens is 1. The zero-order chi connectivity index (χ0) is 15.0. The molecular weight excluding hydrogens is 286 g/mol. The van der Waals surface area contributed by atoms with E-state index in [9.17, 15) is 9.59 Å². The van der Waals surface area contributed by atoms with Gasteiger partial charge in [0.25, 0.3) is 5.91 Å². The largest absolute Gasteiger partial charge is 0.332 e. The summed E-state index contributed by atoms with van der Waals surface area (Å²) in [4.78, 5) is 32.3. The van der Waals surface area contributed by atoms with Gasteiger partial charge in [-0.2, -0.15) is 0 Å². The number of carbonyl (C=O) groups excluding carboxylic acids is 2. The van der Waals surface area contributed by atoms with Gasteiger partial charge in [0.2, 0.25) is 5.91 Å². The molecule has 0 fully saturated rings. The van der Waals surface area contributed by atoms with E-state index in [1.54, 1.807) is 29.4 Å². The Morgan fingerprint density at radius 1 is 1.29 bits per heavy atom. The fraction of sp³-hybridized carbons (Fsp3) is 0.267. The lowest BCUT2D eigenvalue weighted by Gasteiger charge is -2.21. The van der Waals surface area contributed by atoms with Crippen LogP contribution in [0, 0.1) is 6.92 Å². The van der Waals surface area contributed by atoms with E-state index in [-0.39, 0.29) is 18.4 Å². The summed E-state index contributed by atoms with van der Waals surface area (Å²) in [5.41, 5.74) is 2.05. The van der Waals surface area contributed by atoms with Gasteiger partial charge in [-0.25, -0.2) is 4.98 Å². The number of anilines is 1. The van der Waals surface area contributed by atoms with Crippen LogP contribution in [0.3, 0.4) is 0 Å². The molecule has 6 heteroatoms. The molecule has 21 heavy (non-hydrogen) atoms. The van der Waals surface area contributed by atoms with Crippen LogP contribution in [0.5, 0.6) is 0 Å². The van der Waals surface area contributed by atoms with E-state index in [1.165, 1.54) is 4.90 Å². The third-order valence-corrected chi connectivity index (χ3v) is 4.25. The second-order valence-electron chi connectivity index (χ2n) is 5.02. The highest BCUT2D eigenvalue weighted by molar-refractivity contribution is 7.09. The lowest BCUT2D eigenvalue weighted by molar-refractivity contribution is -0.119. The van der Waals surface area contributed by atoms with Gasteiger partial charge < -0.3 is 9.80 Å². The number of aryl methyl sites for hydroxylation is 1. The number of nitrogens with zero attached hydrogens (tertiary/aromatic N) is 3. The normalized spacial score (nSPS) is 15.1. The quantitative estimate of drug-likeness (QED) is 0.853. The molecule has 0 atom stereocenters. The highest BCUT2D eigenvalue weighted by Crippen LogP contribution is 2.26. The third kappa shape index (κ3) is 2.54. The van der Waals surface area contributed by atoms with Gasteiger partial charge in [-0.3, -0.25) is 9.59 Å². The van der Waals surface area contributed by atoms with Gasteiger partial charge in [0, 0.05) is 12.4 Å². The van der Waals surface area contributed by atoms with Crippen LogP contribution in [0.1, 0.15) is 21.1 Å². The number of hydrogen-bond acceptors (Lipinski definition) is 4. The van der Waals surface area contributed by atoms with Gasteiger partial charge in [0.05, 0.1) is 28.5 Å². The summed E-state index contributed by atoms with van der Waals surface area (Å²) >= 11 is 1.56. The molecule has 0 N–H and O–H groups in total. The lowest BCUT2D eigenvalue weighted by Crippen LogP contribution is -2.37. The average Bonchev–Trinajstić information content (AvgIpc) is 2.85. The minimum atomic E-state index is -0.129. The number of para-hydroxylation sites is 1. The zero-order valence-corrected chi connectivity index (χ0v) is 12.7. The van der Waals surface area contributed by atoms with Crippen molar-refractivity contribution in [3.05, 3.63) is 45.9 Å². The number of likely N-dealkylation sites (N-methyl/N-ethyl adjacent to an activating group) is 1. The Kier molecular flexibility index (Phi) is 3.47. The number of hydrogen-bond donors (Lipinski definition) is 0. The van der Waals surface area contributed by atoms with Gasteiger partial charge in [-0.15, -0.1) is 11.3 Å². The van der Waals surface area contributed by atoms with Crippen molar-refractivity contribution in [2.24, 2.45) is 0 Å². The molecule has 0 saturated carbocycles. The van der Waals surface area contributed by atoms with Crippen molar-refractivity contribution in [3.63, 3.8) is 0 Å². The van der Waals surface area contributed by atoms with Crippen molar-refractivity contribution in [1.29, 1.82) is 0 Å². The van der Waals surface area contributed by atoms with Crippen LogP contribution in [0.15, 0.2) is 29.6 Å². The lowest BCUT2D eigenvalue weighted by atomic mass is 10.1. The Morgan fingerprint density at radius 3 is 2.76 bits per heavy atom. The maximum Gasteiger partial charge on any atom is 0.256 e. The number of rotatable bonds is 2. The molecule has 3 rings (SSSR count). The third-order valence-electron chi connectivity index (χ3n) is 3.43. The van der Waals surface area contributed by atoms with E-state index in [2.05, 4.69) is 4.98 Å². The van der Waals surface area contributed by atoms with E-state index >= 15 is 0 Å². The van der Waals surface area contributed by atoms with E-state index in [4.69, 9.17) is 0 Å². The van der Waals surface area contributed by atoms with Gasteiger partial charge in [0.15, 0.2) is 0 Å². The van der Waals surface area contributed by atoms with Crippen LogP contribution in [0.25, 0.3) is 0 Å². The van der Waals surface area contributed by atoms with Gasteiger partial charge >= 0.3 is 0 Å². The summed E-state index contributed by atoms with van der Waals surface area (Å²) in [5.74, 6) is -0.225. The molecule has 108 valence electrons. The molecule has 0 spiro atoms. The van der Waals surface area contributed by atoms with E-state index in [0.717, 1.165) is 10.7 Å². The maximum atomic E-state index is 12.5. The average molecular weight is 301 g/mol. The monoisotopic (exact) mass is 301 g/mol. The molecule has 2 amide bonds. The number of amides is 2. The van der Waals surface area contributed by atoms with Crippen molar-refractivity contribution in [1.82, 2.24) is 9.88 Å². The smallest absolute Gasteiger partial charge is 0.256 e. The van der Waals surface area contributed by atoms with Crippen molar-refractivity contribution >= 4 is 28.8 Å². The number of carbonyl (C=O) groups is 2. The van der Waals surface area contributed by atoms with E-state index in [0.29, 0.717) is 17.8 Å². The van der Waals surface area contributed by atoms with Crippen molar-refractivity contribution in [2.45, 2.75) is 13.5 Å². The molecule has 0 radical (unpaired) electrons. The maximum absolute atomic E-state index is 12.5. The summed E-state index contributed by atoms with van der Waals surface area (Å²) in [6, 6.07) is 7.21. The van der Waals surface area contributed by atoms with Gasteiger partial charge in [-0.05, 0) is 19.1 Å². The Balaban J connectivity index is 2.03. The summed E-state index contributed by atoms with van der Waals surface area (Å²) < 4.78 is 0. The molecule has 0 aliphatic carbocycles. The highest BCUT2D eigenvalue weighted by atomic mass is 32.1. The first-order chi connectivity index (χ1) is 10.1. The zero-order valence-electron chi connectivity index (χ0n) is 11.9. The molecule has 1 aliphatic heterocycles. The first-order valence-corrected chi connectivity index (χ1v) is 7.50. The minimum Gasteiger partial charge on any atom is -0.332 e. The van der Waals surface area contributed by atoms with Crippen molar-refractivity contribution in [3.8, 4) is 0 Å². The van der Waals surface area contributed by atoms with E-state index < -0.39 is 0 Å². The molecular formula is C15H15N3O2S. The molecule has 5 nitrogen and oxygen atoms in total. The molecule has 2 aromatic rings. The molecule has 1 aromatic carbocycles. The van der Waals surface area contributed by atoms with Crippen LogP contribution in [-0.2, 0) is 11.3 Å². The summed E-state index contributed by atoms with van der Waals surface area (Å²) in [6.45, 7) is 2.40. The predicted molar refractivity (Wildman–Crippen MR) is 81.4 cm³/mol. The van der Waals surface area contributed by atoms with Crippen LogP contribution >= 0.6 is 11.3 Å². The second kappa shape index (κ2) is 5.29. The fourth-order valence-electron chi connectivity index (χ4n) is 2.41. The van der Waals surface area contributed by atoms with Crippen LogP contribution < -0.4 is 4.90 Å². The molecule has 0 bridgehead atoms. The Bertz CT molecular complexity index is 710. The SMILES string of the molecule is Cc1nc(CN2C(=O)CN(C)C(=O)c3ccccc32)cs1. The summed E-state index contributed by atoms with van der Waals surface area (Å²) in [7, 11) is 1.65. The number of fused-ring (bicyclic) bond motifs is 1. The van der Waals surface area contributed by atoms with E-state index in [1.807, 2.05) is 30.5 Å². The van der Waals surface area contributed by atoms with Gasteiger partial charge in [0.1, 0.15) is 6.54 Å². The van der Waals surface area contributed by atoms with Crippen LogP contribution in [-0.4, -0.2) is 35.3 Å². The van der Waals surface area contributed by atoms with Gasteiger partial charge in [-0.1, -0.05) is 12.1 Å². The first-order valence-electron chi connectivity index (χ1n) is 6.62. The summed E-state index contributed by atoms with van der Waals surface area (Å²) in [6.07, 6.45) is 0. The Labute approximate surface area is 126 Å². The van der Waals surface area contributed by atoms with Crippen LogP contribution in [0.2, 0.25) is 0 Å². The summed E-state index contributed by atoms with van der Waals surface area (Å²) in [5, 5.41) is 2.91. The highest BCUT2D eigenvalue weighted by Gasteiger charge is 2.29. The Morgan fingerprint density at radius 2 is 2.05 bits per heavy atom. The Hall–Kier alpha value is -2.21. The molecule has 2 heterocycles. The minimum absolute atomic E-state index is 0.0800.